The third kappa shape index (κ3) is 5.25. The minimum atomic E-state index is -1.17. The van der Waals surface area contributed by atoms with Gasteiger partial charge in [0.2, 0.25) is 0 Å². The Kier molecular flexibility index (Phi) is 6.65. The fourth-order valence-corrected chi connectivity index (χ4v) is 3.15. The Hall–Kier alpha value is -3.74. The summed E-state index contributed by atoms with van der Waals surface area (Å²) in [4.78, 5) is 23.9. The van der Waals surface area contributed by atoms with Crippen LogP contribution in [0.25, 0.3) is 11.1 Å². The van der Waals surface area contributed by atoms with E-state index in [2.05, 4.69) is 5.32 Å². The van der Waals surface area contributed by atoms with Crippen molar-refractivity contribution in [2.45, 2.75) is 19.8 Å². The SMILES string of the molecule is CC(C)c1cccc(OCC(=O)O)c1NC(=O)c1cc(-c2cccc(F)c2)ccc1F. The maximum absolute atomic E-state index is 14.5. The zero-order valence-corrected chi connectivity index (χ0v) is 17.0. The van der Waals surface area contributed by atoms with Crippen LogP contribution in [-0.2, 0) is 4.79 Å². The van der Waals surface area contributed by atoms with Crippen LogP contribution in [-0.4, -0.2) is 23.6 Å². The molecule has 0 heterocycles. The molecule has 3 aromatic rings. The van der Waals surface area contributed by atoms with E-state index in [4.69, 9.17) is 9.84 Å². The Labute approximate surface area is 178 Å². The molecule has 0 radical (unpaired) electrons. The van der Waals surface area contributed by atoms with E-state index in [-0.39, 0.29) is 22.9 Å². The molecule has 0 fully saturated rings. The van der Waals surface area contributed by atoms with Crippen LogP contribution in [0.15, 0.2) is 60.7 Å². The Morgan fingerprint density at radius 1 is 1.00 bits per heavy atom. The summed E-state index contributed by atoms with van der Waals surface area (Å²) in [6, 6.07) is 14.7. The number of carboxylic acid groups (broad SMARTS) is 1. The molecule has 0 saturated heterocycles. The van der Waals surface area contributed by atoms with Crippen molar-refractivity contribution >= 4 is 17.6 Å². The third-order valence-electron chi connectivity index (χ3n) is 4.64. The summed E-state index contributed by atoms with van der Waals surface area (Å²) in [6.45, 7) is 3.21. The minimum Gasteiger partial charge on any atom is -0.480 e. The van der Waals surface area contributed by atoms with Crippen LogP contribution in [0, 0.1) is 11.6 Å². The number of rotatable bonds is 7. The molecule has 0 aliphatic heterocycles. The van der Waals surface area contributed by atoms with Crippen LogP contribution in [0.4, 0.5) is 14.5 Å². The molecule has 2 N–H and O–H groups in total. The second kappa shape index (κ2) is 9.38. The number of amides is 1. The van der Waals surface area contributed by atoms with Crippen molar-refractivity contribution in [3.8, 4) is 16.9 Å². The van der Waals surface area contributed by atoms with E-state index < -0.39 is 30.1 Å². The molecule has 31 heavy (non-hydrogen) atoms. The van der Waals surface area contributed by atoms with Gasteiger partial charge in [-0.2, -0.15) is 0 Å². The zero-order valence-electron chi connectivity index (χ0n) is 17.0. The molecule has 0 unspecified atom stereocenters. The summed E-state index contributed by atoms with van der Waals surface area (Å²) in [5.74, 6) is -2.94. The highest BCUT2D eigenvalue weighted by molar-refractivity contribution is 6.06. The van der Waals surface area contributed by atoms with Crippen molar-refractivity contribution in [1.82, 2.24) is 0 Å². The van der Waals surface area contributed by atoms with Crippen molar-refractivity contribution in [2.24, 2.45) is 0 Å². The van der Waals surface area contributed by atoms with Gasteiger partial charge < -0.3 is 15.2 Å². The van der Waals surface area contributed by atoms with E-state index in [1.165, 1.54) is 36.4 Å². The van der Waals surface area contributed by atoms with Gasteiger partial charge >= 0.3 is 5.97 Å². The van der Waals surface area contributed by atoms with Gasteiger partial charge in [0.15, 0.2) is 6.61 Å². The molecule has 0 aliphatic rings. The Morgan fingerprint density at radius 3 is 2.39 bits per heavy atom. The van der Waals surface area contributed by atoms with E-state index in [1.807, 2.05) is 13.8 Å². The average molecular weight is 425 g/mol. The molecule has 0 aromatic heterocycles. The van der Waals surface area contributed by atoms with E-state index in [9.17, 15) is 18.4 Å². The smallest absolute Gasteiger partial charge is 0.341 e. The highest BCUT2D eigenvalue weighted by Crippen LogP contribution is 2.34. The number of halogens is 2. The van der Waals surface area contributed by atoms with Crippen molar-refractivity contribution in [1.29, 1.82) is 0 Å². The summed E-state index contributed by atoms with van der Waals surface area (Å²) < 4.78 is 33.4. The van der Waals surface area contributed by atoms with Crippen molar-refractivity contribution in [2.75, 3.05) is 11.9 Å². The number of anilines is 1. The molecule has 1 amide bonds. The number of benzene rings is 3. The van der Waals surface area contributed by atoms with Gasteiger partial charge in [0, 0.05) is 0 Å². The van der Waals surface area contributed by atoms with Gasteiger partial charge in [-0.1, -0.05) is 44.2 Å². The largest absolute Gasteiger partial charge is 0.480 e. The van der Waals surface area contributed by atoms with Gasteiger partial charge in [-0.05, 0) is 52.9 Å². The summed E-state index contributed by atoms with van der Waals surface area (Å²) in [5, 5.41) is 11.6. The predicted octanol–water partition coefficient (Wildman–Crippen LogP) is 5.47. The van der Waals surface area contributed by atoms with Crippen LogP contribution in [0.1, 0.15) is 35.7 Å². The van der Waals surface area contributed by atoms with Crippen LogP contribution in [0.3, 0.4) is 0 Å². The third-order valence-corrected chi connectivity index (χ3v) is 4.64. The number of hydrogen-bond acceptors (Lipinski definition) is 3. The summed E-state index contributed by atoms with van der Waals surface area (Å²) >= 11 is 0. The topological polar surface area (TPSA) is 75.6 Å². The molecular weight excluding hydrogens is 404 g/mol. The van der Waals surface area contributed by atoms with E-state index in [0.29, 0.717) is 16.7 Å². The van der Waals surface area contributed by atoms with Crippen LogP contribution < -0.4 is 10.1 Å². The molecule has 0 atom stereocenters. The van der Waals surface area contributed by atoms with Crippen LogP contribution in [0.2, 0.25) is 0 Å². The van der Waals surface area contributed by atoms with Gasteiger partial charge in [0.25, 0.3) is 5.91 Å². The van der Waals surface area contributed by atoms with Gasteiger partial charge in [0.1, 0.15) is 17.4 Å². The fraction of sp³-hybridized carbons (Fsp3) is 0.167. The Bertz CT molecular complexity index is 1130. The fourth-order valence-electron chi connectivity index (χ4n) is 3.15. The first-order valence-corrected chi connectivity index (χ1v) is 9.60. The van der Waals surface area contributed by atoms with Gasteiger partial charge in [0.05, 0.1) is 11.3 Å². The molecule has 0 aliphatic carbocycles. The number of ether oxygens (including phenoxy) is 1. The number of hydrogen-bond donors (Lipinski definition) is 2. The van der Waals surface area contributed by atoms with Gasteiger partial charge in [-0.25, -0.2) is 13.6 Å². The lowest BCUT2D eigenvalue weighted by atomic mass is 9.99. The maximum atomic E-state index is 14.5. The van der Waals surface area contributed by atoms with Crippen molar-refractivity contribution in [3.63, 3.8) is 0 Å². The molecule has 7 heteroatoms. The van der Waals surface area contributed by atoms with Crippen LogP contribution in [0.5, 0.6) is 5.75 Å². The Morgan fingerprint density at radius 2 is 1.71 bits per heavy atom. The molecule has 0 saturated carbocycles. The number of carbonyl (C=O) groups is 2. The molecule has 0 spiro atoms. The number of para-hydroxylation sites is 1. The first-order valence-electron chi connectivity index (χ1n) is 9.60. The van der Waals surface area contributed by atoms with Crippen molar-refractivity contribution in [3.05, 3.63) is 83.4 Å². The predicted molar refractivity (Wildman–Crippen MR) is 113 cm³/mol. The number of carboxylic acids is 1. The zero-order chi connectivity index (χ0) is 22.5. The lowest BCUT2D eigenvalue weighted by Crippen LogP contribution is -2.18. The molecule has 0 bridgehead atoms. The Balaban J connectivity index is 1.98. The standard InChI is InChI=1S/C24H21F2NO4/c1-14(2)18-7-4-8-21(31-13-22(28)29)23(18)27-24(30)19-12-16(9-10-20(19)26)15-5-3-6-17(25)11-15/h3-12,14H,13H2,1-2H3,(H,27,30)(H,28,29). The molecule has 3 aromatic carbocycles. The van der Waals surface area contributed by atoms with Crippen molar-refractivity contribution < 1.29 is 28.2 Å². The average Bonchev–Trinajstić information content (AvgIpc) is 2.72. The minimum absolute atomic E-state index is 0.0212. The summed E-state index contributed by atoms with van der Waals surface area (Å²) in [6.07, 6.45) is 0. The summed E-state index contributed by atoms with van der Waals surface area (Å²) in [7, 11) is 0. The lowest BCUT2D eigenvalue weighted by Gasteiger charge is -2.18. The molecule has 5 nitrogen and oxygen atoms in total. The second-order valence-corrected chi connectivity index (χ2v) is 7.22. The van der Waals surface area contributed by atoms with Gasteiger partial charge in [-0.3, -0.25) is 4.79 Å². The monoisotopic (exact) mass is 425 g/mol. The second-order valence-electron chi connectivity index (χ2n) is 7.22. The molecule has 160 valence electrons. The van der Waals surface area contributed by atoms with E-state index >= 15 is 0 Å². The van der Waals surface area contributed by atoms with Gasteiger partial charge in [-0.15, -0.1) is 0 Å². The highest BCUT2D eigenvalue weighted by atomic mass is 19.1. The quantitative estimate of drug-likeness (QED) is 0.526. The van der Waals surface area contributed by atoms with E-state index in [1.54, 1.807) is 18.2 Å². The van der Waals surface area contributed by atoms with Crippen LogP contribution >= 0.6 is 0 Å². The normalized spacial score (nSPS) is 10.7. The van der Waals surface area contributed by atoms with E-state index in [0.717, 1.165) is 6.07 Å². The number of nitrogens with one attached hydrogen (secondary N) is 1. The maximum Gasteiger partial charge on any atom is 0.341 e. The summed E-state index contributed by atoms with van der Waals surface area (Å²) in [5.41, 5.74) is 1.73. The first-order chi connectivity index (χ1) is 14.8. The lowest BCUT2D eigenvalue weighted by molar-refractivity contribution is -0.139. The first kappa shape index (κ1) is 22.0. The number of carbonyl (C=O) groups excluding carboxylic acids is 1. The highest BCUT2D eigenvalue weighted by Gasteiger charge is 2.19. The molecular formula is C24H21F2NO4. The number of aliphatic carboxylic acids is 1. The molecule has 3 rings (SSSR count).